The van der Waals surface area contributed by atoms with E-state index in [-0.39, 0.29) is 29.7 Å². The lowest BCUT2D eigenvalue weighted by Gasteiger charge is -2.39. The van der Waals surface area contributed by atoms with Gasteiger partial charge in [0.05, 0.1) is 32.1 Å². The molecular weight excluding hydrogens is 586 g/mol. The number of carbonyl (C=O) groups excluding carboxylic acids is 1. The molecule has 1 aliphatic heterocycles. The number of methoxy groups -OCH3 is 1. The minimum absolute atomic E-state index is 0.0901. The Morgan fingerprint density at radius 1 is 1.00 bits per heavy atom. The minimum Gasteiger partial charge on any atom is -0.467 e. The molecule has 0 spiro atoms. The highest BCUT2D eigenvalue weighted by Crippen LogP contribution is 2.29. The number of aromatic nitrogens is 6. The van der Waals surface area contributed by atoms with Gasteiger partial charge in [0.15, 0.2) is 0 Å². The van der Waals surface area contributed by atoms with Crippen LogP contribution in [0.2, 0.25) is 0 Å². The van der Waals surface area contributed by atoms with Crippen molar-refractivity contribution in [3.63, 3.8) is 0 Å². The summed E-state index contributed by atoms with van der Waals surface area (Å²) in [4.78, 5) is 41.8. The van der Waals surface area contributed by atoms with E-state index in [1.54, 1.807) is 29.7 Å². The van der Waals surface area contributed by atoms with E-state index < -0.39 is 0 Å². The van der Waals surface area contributed by atoms with Crippen LogP contribution in [0.15, 0.2) is 61.3 Å². The maximum Gasteiger partial charge on any atom is 0.324 e. The van der Waals surface area contributed by atoms with Gasteiger partial charge in [0.1, 0.15) is 17.5 Å². The Bertz CT molecular complexity index is 1670. The molecule has 0 unspecified atom stereocenters. The second-order valence-corrected chi connectivity index (χ2v) is 11.6. The second-order valence-electron chi connectivity index (χ2n) is 11.6. The quantitative estimate of drug-likeness (QED) is 0.233. The highest BCUT2D eigenvalue weighted by molar-refractivity contribution is 5.90. The van der Waals surface area contributed by atoms with Gasteiger partial charge >= 0.3 is 12.0 Å². The first-order chi connectivity index (χ1) is 22.4. The summed E-state index contributed by atoms with van der Waals surface area (Å²) in [6.07, 6.45) is 11.1. The molecule has 0 atom stereocenters. The normalized spacial score (nSPS) is 18.4. The van der Waals surface area contributed by atoms with Crippen molar-refractivity contribution in [3.8, 4) is 23.2 Å². The summed E-state index contributed by atoms with van der Waals surface area (Å²) in [5.41, 5.74) is 2.57. The molecule has 1 saturated heterocycles. The molecule has 46 heavy (non-hydrogen) atoms. The average Bonchev–Trinajstić information content (AvgIpc) is 3.08. The first-order valence-corrected chi connectivity index (χ1v) is 15.1. The summed E-state index contributed by atoms with van der Waals surface area (Å²) >= 11 is 0. The topological polar surface area (TPSA) is 176 Å². The van der Waals surface area contributed by atoms with Crippen LogP contribution < -0.4 is 25.6 Å². The third-order valence-electron chi connectivity index (χ3n) is 8.07. The smallest absolute Gasteiger partial charge is 0.324 e. The molecule has 1 aliphatic carbocycles. The summed E-state index contributed by atoms with van der Waals surface area (Å²) in [5.74, 6) is 1.26. The van der Waals surface area contributed by atoms with E-state index >= 15 is 0 Å². The Morgan fingerprint density at radius 3 is 2.28 bits per heavy atom. The minimum atomic E-state index is -0.264. The van der Waals surface area contributed by atoms with Crippen molar-refractivity contribution in [2.75, 3.05) is 35.9 Å². The number of nitrogens with one attached hydrogen (secondary N) is 3. The molecule has 4 heterocycles. The van der Waals surface area contributed by atoms with Gasteiger partial charge in [-0.1, -0.05) is 30.3 Å². The molecule has 4 aromatic rings. The van der Waals surface area contributed by atoms with Crippen LogP contribution in [0.1, 0.15) is 43.7 Å². The molecular formula is C32H35N11O3. The summed E-state index contributed by atoms with van der Waals surface area (Å²) in [6, 6.07) is 11.9. The van der Waals surface area contributed by atoms with Gasteiger partial charge < -0.3 is 25.4 Å². The highest BCUT2D eigenvalue weighted by atomic mass is 16.5. The van der Waals surface area contributed by atoms with Gasteiger partial charge in [-0.15, -0.1) is 0 Å². The van der Waals surface area contributed by atoms with Gasteiger partial charge in [-0.25, -0.2) is 29.7 Å². The van der Waals surface area contributed by atoms with E-state index in [0.717, 1.165) is 29.5 Å². The lowest BCUT2D eigenvalue weighted by molar-refractivity contribution is -0.0320. The van der Waals surface area contributed by atoms with E-state index in [0.29, 0.717) is 55.9 Å². The maximum absolute atomic E-state index is 13.7. The largest absolute Gasteiger partial charge is 0.467 e. The molecule has 1 saturated carbocycles. The predicted molar refractivity (Wildman–Crippen MR) is 170 cm³/mol. The molecule has 14 heteroatoms. The Hall–Kier alpha value is -5.42. The number of hydrogen-bond donors (Lipinski definition) is 3. The van der Waals surface area contributed by atoms with Crippen LogP contribution >= 0.6 is 0 Å². The van der Waals surface area contributed by atoms with E-state index in [9.17, 15) is 10.1 Å². The van der Waals surface area contributed by atoms with Crippen molar-refractivity contribution in [1.82, 2.24) is 35.2 Å². The van der Waals surface area contributed by atoms with Crippen LogP contribution in [0.3, 0.4) is 0 Å². The van der Waals surface area contributed by atoms with E-state index in [4.69, 9.17) is 9.47 Å². The number of benzene rings is 1. The number of anilines is 3. The number of ether oxygens (including phenoxy) is 2. The Balaban J connectivity index is 1.15. The first kappa shape index (κ1) is 30.6. The molecule has 0 radical (unpaired) electrons. The monoisotopic (exact) mass is 621 g/mol. The molecule has 2 fully saturated rings. The van der Waals surface area contributed by atoms with Crippen molar-refractivity contribution < 1.29 is 14.3 Å². The molecule has 6 rings (SSSR count). The molecule has 0 bridgehead atoms. The van der Waals surface area contributed by atoms with Crippen LogP contribution in [0, 0.1) is 11.3 Å². The van der Waals surface area contributed by atoms with Gasteiger partial charge in [-0.05, 0) is 38.2 Å². The van der Waals surface area contributed by atoms with Crippen LogP contribution in [0.5, 0.6) is 6.01 Å². The Kier molecular flexibility index (Phi) is 9.11. The molecule has 2 aliphatic rings. The fourth-order valence-electron chi connectivity index (χ4n) is 5.50. The molecule has 2 amide bonds. The second kappa shape index (κ2) is 13.7. The number of amides is 2. The number of hydrogen-bond acceptors (Lipinski definition) is 12. The molecule has 3 N–H and O–H groups in total. The Morgan fingerprint density at radius 2 is 1.67 bits per heavy atom. The summed E-state index contributed by atoms with van der Waals surface area (Å²) in [5, 5.41) is 19.4. The summed E-state index contributed by atoms with van der Waals surface area (Å²) in [6.45, 7) is 3.51. The molecule has 14 nitrogen and oxygen atoms in total. The third kappa shape index (κ3) is 7.10. The number of nitriles is 1. The van der Waals surface area contributed by atoms with Gasteiger partial charge in [-0.2, -0.15) is 10.2 Å². The highest BCUT2D eigenvalue weighted by Gasteiger charge is 2.35. The first-order valence-electron chi connectivity index (χ1n) is 15.1. The average molecular weight is 622 g/mol. The van der Waals surface area contributed by atoms with Crippen LogP contribution in [-0.2, 0) is 11.3 Å². The number of urea groups is 1. The zero-order valence-corrected chi connectivity index (χ0v) is 25.7. The van der Waals surface area contributed by atoms with Gasteiger partial charge in [0.25, 0.3) is 0 Å². The standard InChI is InChI=1S/C32H35N11O3/c1-32(19-46-20-32)42-27-22(12-33)14-34-28(41-27)40-25-8-10-26(11-9-25)43(31(44)39-13-21-6-4-3-5-7-21)29-35-15-23(16-36-29)24-17-37-30(45-2)38-18-24/h3-7,14-18,25-26H,8-11,13,19-20H2,1-2H3,(H,39,44)(H2,34,40,41,42). The predicted octanol–water partition coefficient (Wildman–Crippen LogP) is 3.94. The van der Waals surface area contributed by atoms with Crippen molar-refractivity contribution >= 4 is 23.7 Å². The molecule has 236 valence electrons. The zero-order chi connectivity index (χ0) is 31.9. The zero-order valence-electron chi connectivity index (χ0n) is 25.7. The number of rotatable bonds is 10. The lowest BCUT2D eigenvalue weighted by Crippen LogP contribution is -2.53. The fraction of sp³-hybridized carbons (Fsp3) is 0.375. The van der Waals surface area contributed by atoms with E-state index in [1.807, 2.05) is 37.3 Å². The molecule has 3 aromatic heterocycles. The van der Waals surface area contributed by atoms with Gasteiger partial charge in [0.2, 0.25) is 11.9 Å². The van der Waals surface area contributed by atoms with Crippen molar-refractivity contribution in [3.05, 3.63) is 72.4 Å². The van der Waals surface area contributed by atoms with Crippen molar-refractivity contribution in [2.45, 2.75) is 56.8 Å². The van der Waals surface area contributed by atoms with Gasteiger partial charge in [0, 0.05) is 54.5 Å². The number of nitrogens with zero attached hydrogens (tertiary/aromatic N) is 8. The summed E-state index contributed by atoms with van der Waals surface area (Å²) < 4.78 is 10.4. The lowest BCUT2D eigenvalue weighted by atomic mass is 9.90. The SMILES string of the molecule is COc1ncc(-c2cnc(N(C(=O)NCc3ccccc3)C3CCC(Nc4ncc(C#N)c(NC5(C)COC5)n4)CC3)nc2)cn1. The maximum atomic E-state index is 13.7. The van der Waals surface area contributed by atoms with E-state index in [1.165, 1.54) is 13.3 Å². The number of carbonyl (C=O) groups is 1. The van der Waals surface area contributed by atoms with Gasteiger partial charge in [-0.3, -0.25) is 4.90 Å². The van der Waals surface area contributed by atoms with Crippen LogP contribution in [0.4, 0.5) is 22.5 Å². The van der Waals surface area contributed by atoms with Crippen molar-refractivity contribution in [2.24, 2.45) is 0 Å². The third-order valence-corrected chi connectivity index (χ3v) is 8.07. The fourth-order valence-corrected chi connectivity index (χ4v) is 5.50. The van der Waals surface area contributed by atoms with Crippen LogP contribution in [-0.4, -0.2) is 73.9 Å². The van der Waals surface area contributed by atoms with Crippen LogP contribution in [0.25, 0.3) is 11.1 Å². The molecule has 1 aromatic carbocycles. The van der Waals surface area contributed by atoms with Crippen molar-refractivity contribution in [1.29, 1.82) is 5.26 Å². The summed E-state index contributed by atoms with van der Waals surface area (Å²) in [7, 11) is 1.51. The van der Waals surface area contributed by atoms with E-state index in [2.05, 4.69) is 51.9 Å². The Labute approximate surface area is 266 Å².